The van der Waals surface area contributed by atoms with Crippen LogP contribution in [-0.4, -0.2) is 34.5 Å². The number of non-ortho nitro benzene ring substituents is 1. The number of nitrogens with one attached hydrogen (secondary N) is 1. The number of barbiturate groups is 1. The third-order valence-corrected chi connectivity index (χ3v) is 5.64. The van der Waals surface area contributed by atoms with Gasteiger partial charge in [0.05, 0.1) is 22.2 Å². The van der Waals surface area contributed by atoms with E-state index in [4.69, 9.17) is 21.1 Å². The highest BCUT2D eigenvalue weighted by Crippen LogP contribution is 2.38. The Labute approximate surface area is 221 Å². The topological polar surface area (TPSA) is 148 Å². The van der Waals surface area contributed by atoms with Crippen molar-refractivity contribution in [2.45, 2.75) is 13.5 Å². The second-order valence-corrected chi connectivity index (χ2v) is 8.36. The van der Waals surface area contributed by atoms with Gasteiger partial charge in [-0.05, 0) is 60.5 Å². The fraction of sp³-hybridized carbons (Fsp3) is 0.115. The van der Waals surface area contributed by atoms with Crippen LogP contribution in [0.25, 0.3) is 6.08 Å². The van der Waals surface area contributed by atoms with Crippen LogP contribution in [-0.2, 0) is 16.2 Å². The van der Waals surface area contributed by atoms with Crippen LogP contribution in [0, 0.1) is 10.1 Å². The minimum absolute atomic E-state index is 0.0352. The number of halogens is 1. The number of hydrogen-bond donors (Lipinski definition) is 2. The number of nitrogens with zero attached hydrogens (tertiary/aromatic N) is 2. The van der Waals surface area contributed by atoms with Gasteiger partial charge in [0.1, 0.15) is 17.9 Å². The number of carbonyl (C=O) groups excluding carboxylic acids is 3. The fourth-order valence-corrected chi connectivity index (χ4v) is 3.92. The molecule has 0 atom stereocenters. The maximum atomic E-state index is 13.1. The summed E-state index contributed by atoms with van der Waals surface area (Å²) in [5.41, 5.74) is 0.592. The molecule has 3 aromatic carbocycles. The molecular formula is C26H20ClN3O8. The van der Waals surface area contributed by atoms with E-state index in [1.165, 1.54) is 60.7 Å². The molecule has 0 radical (unpaired) electrons. The zero-order chi connectivity index (χ0) is 27.4. The molecule has 0 bridgehead atoms. The van der Waals surface area contributed by atoms with Gasteiger partial charge in [-0.2, -0.15) is 0 Å². The predicted molar refractivity (Wildman–Crippen MR) is 137 cm³/mol. The maximum absolute atomic E-state index is 13.1. The Kier molecular flexibility index (Phi) is 7.58. The number of phenols is 1. The van der Waals surface area contributed by atoms with Crippen LogP contribution in [0.2, 0.25) is 5.02 Å². The average Bonchev–Trinajstić information content (AvgIpc) is 2.87. The van der Waals surface area contributed by atoms with Crippen molar-refractivity contribution in [2.24, 2.45) is 0 Å². The Morgan fingerprint density at radius 1 is 1.08 bits per heavy atom. The summed E-state index contributed by atoms with van der Waals surface area (Å²) in [4.78, 5) is 49.3. The van der Waals surface area contributed by atoms with Gasteiger partial charge in [0.2, 0.25) is 0 Å². The number of imide groups is 2. The molecule has 0 unspecified atom stereocenters. The van der Waals surface area contributed by atoms with Crippen LogP contribution in [0.4, 0.5) is 16.2 Å². The Morgan fingerprint density at radius 2 is 1.82 bits per heavy atom. The van der Waals surface area contributed by atoms with Crippen molar-refractivity contribution < 1.29 is 33.9 Å². The molecule has 38 heavy (non-hydrogen) atoms. The molecule has 1 aliphatic heterocycles. The van der Waals surface area contributed by atoms with Crippen molar-refractivity contribution in [3.8, 4) is 17.2 Å². The third kappa shape index (κ3) is 5.57. The first kappa shape index (κ1) is 26.2. The SMILES string of the molecule is CCOc1cc(/C=C2\C(=O)NC(=O)N(c3ccc(O)cc3)C2=O)cc(Cl)c1OCc1cccc([N+](=O)[O-])c1. The molecule has 3 aromatic rings. The molecule has 1 saturated heterocycles. The van der Waals surface area contributed by atoms with Crippen molar-refractivity contribution >= 4 is 46.9 Å². The minimum atomic E-state index is -0.930. The Morgan fingerprint density at radius 3 is 2.50 bits per heavy atom. The molecule has 2 N–H and O–H groups in total. The third-order valence-electron chi connectivity index (χ3n) is 5.36. The number of amides is 4. The van der Waals surface area contributed by atoms with E-state index in [9.17, 15) is 29.6 Å². The molecule has 0 aromatic heterocycles. The average molecular weight is 538 g/mol. The van der Waals surface area contributed by atoms with Crippen LogP contribution >= 0.6 is 11.6 Å². The first-order chi connectivity index (χ1) is 18.2. The summed E-state index contributed by atoms with van der Waals surface area (Å²) in [6.07, 6.45) is 1.26. The Balaban J connectivity index is 1.64. The van der Waals surface area contributed by atoms with Crippen LogP contribution in [0.15, 0.2) is 66.2 Å². The number of phenolic OH excluding ortho intramolecular Hbond substituents is 1. The van der Waals surface area contributed by atoms with E-state index in [1.54, 1.807) is 13.0 Å². The second-order valence-electron chi connectivity index (χ2n) is 7.95. The zero-order valence-electron chi connectivity index (χ0n) is 19.8. The summed E-state index contributed by atoms with van der Waals surface area (Å²) >= 11 is 6.46. The van der Waals surface area contributed by atoms with E-state index in [2.05, 4.69) is 5.32 Å². The standard InChI is InChI=1S/C26H20ClN3O8/c1-2-37-22-13-16(12-21(27)23(22)38-14-15-4-3-5-18(10-15)30(35)36)11-20-24(32)28-26(34)29(25(20)33)17-6-8-19(31)9-7-17/h3-13,31H,2,14H2,1H3,(H,28,32,34)/b20-11+. The van der Waals surface area contributed by atoms with Crippen LogP contribution in [0.3, 0.4) is 0 Å². The molecule has 12 heteroatoms. The van der Waals surface area contributed by atoms with Crippen LogP contribution < -0.4 is 19.7 Å². The number of ether oxygens (including phenoxy) is 2. The minimum Gasteiger partial charge on any atom is -0.508 e. The van der Waals surface area contributed by atoms with Crippen molar-refractivity contribution in [3.63, 3.8) is 0 Å². The van der Waals surface area contributed by atoms with Crippen molar-refractivity contribution in [1.82, 2.24) is 5.32 Å². The molecule has 1 heterocycles. The molecule has 194 valence electrons. The number of anilines is 1. The molecule has 11 nitrogen and oxygen atoms in total. The fourth-order valence-electron chi connectivity index (χ4n) is 3.65. The van der Waals surface area contributed by atoms with Crippen molar-refractivity contribution in [1.29, 1.82) is 0 Å². The number of urea groups is 1. The van der Waals surface area contributed by atoms with Crippen LogP contribution in [0.5, 0.6) is 17.2 Å². The molecule has 4 amide bonds. The number of benzene rings is 3. The zero-order valence-corrected chi connectivity index (χ0v) is 20.6. The molecule has 1 fully saturated rings. The highest BCUT2D eigenvalue weighted by molar-refractivity contribution is 6.39. The maximum Gasteiger partial charge on any atom is 0.335 e. The van der Waals surface area contributed by atoms with Crippen molar-refractivity contribution in [2.75, 3.05) is 11.5 Å². The van der Waals surface area contributed by atoms with Crippen molar-refractivity contribution in [3.05, 3.63) is 92.5 Å². The van der Waals surface area contributed by atoms with Gasteiger partial charge in [0.25, 0.3) is 17.5 Å². The molecule has 4 rings (SSSR count). The first-order valence-corrected chi connectivity index (χ1v) is 11.6. The highest BCUT2D eigenvalue weighted by Gasteiger charge is 2.37. The number of nitro benzene ring substituents is 1. The number of aromatic hydroxyl groups is 1. The lowest BCUT2D eigenvalue weighted by atomic mass is 10.1. The van der Waals surface area contributed by atoms with E-state index >= 15 is 0 Å². The van der Waals surface area contributed by atoms with Gasteiger partial charge in [0, 0.05) is 12.1 Å². The lowest BCUT2D eigenvalue weighted by Crippen LogP contribution is -2.54. The number of carbonyl (C=O) groups is 3. The highest BCUT2D eigenvalue weighted by atomic mass is 35.5. The van der Waals surface area contributed by atoms with E-state index in [1.807, 2.05) is 0 Å². The summed E-state index contributed by atoms with van der Waals surface area (Å²) in [6.45, 7) is 1.95. The Bertz CT molecular complexity index is 1470. The van der Waals surface area contributed by atoms with E-state index in [0.717, 1.165) is 4.90 Å². The number of hydrogen-bond acceptors (Lipinski definition) is 8. The van der Waals surface area contributed by atoms with Gasteiger partial charge in [-0.25, -0.2) is 9.69 Å². The lowest BCUT2D eigenvalue weighted by molar-refractivity contribution is -0.384. The van der Waals surface area contributed by atoms with Gasteiger partial charge in [-0.15, -0.1) is 0 Å². The van der Waals surface area contributed by atoms with E-state index in [0.29, 0.717) is 11.1 Å². The first-order valence-electron chi connectivity index (χ1n) is 11.2. The summed E-state index contributed by atoms with van der Waals surface area (Å²) < 4.78 is 11.5. The molecule has 0 spiro atoms. The van der Waals surface area contributed by atoms with Gasteiger partial charge < -0.3 is 14.6 Å². The predicted octanol–water partition coefficient (Wildman–Crippen LogP) is 4.60. The molecular weight excluding hydrogens is 518 g/mol. The lowest BCUT2D eigenvalue weighted by Gasteiger charge is -2.26. The van der Waals surface area contributed by atoms with E-state index < -0.39 is 22.8 Å². The summed E-state index contributed by atoms with van der Waals surface area (Å²) in [5.74, 6) is -1.44. The quantitative estimate of drug-likeness (QED) is 0.183. The van der Waals surface area contributed by atoms with Crippen LogP contribution in [0.1, 0.15) is 18.1 Å². The largest absolute Gasteiger partial charge is 0.508 e. The van der Waals surface area contributed by atoms with E-state index in [-0.39, 0.29) is 52.4 Å². The molecule has 1 aliphatic rings. The summed E-state index contributed by atoms with van der Waals surface area (Å²) in [7, 11) is 0. The molecule has 0 saturated carbocycles. The van der Waals surface area contributed by atoms with Gasteiger partial charge in [-0.3, -0.25) is 25.0 Å². The normalized spacial score (nSPS) is 14.4. The Hall–Kier alpha value is -4.90. The smallest absolute Gasteiger partial charge is 0.335 e. The van der Waals surface area contributed by atoms with Gasteiger partial charge in [0.15, 0.2) is 11.5 Å². The van der Waals surface area contributed by atoms with Gasteiger partial charge >= 0.3 is 6.03 Å². The summed E-state index contributed by atoms with van der Waals surface area (Å²) in [5, 5.41) is 22.8. The molecule has 0 aliphatic carbocycles. The summed E-state index contributed by atoms with van der Waals surface area (Å²) in [6, 6.07) is 13.3. The second kappa shape index (κ2) is 11.0. The number of nitro groups is 1. The monoisotopic (exact) mass is 537 g/mol. The van der Waals surface area contributed by atoms with Gasteiger partial charge in [-0.1, -0.05) is 23.7 Å². The number of rotatable bonds is 8.